The van der Waals surface area contributed by atoms with Crippen molar-refractivity contribution >= 4 is 16.0 Å². The number of carboxylic acid groups (broad SMARTS) is 1. The van der Waals surface area contributed by atoms with E-state index in [0.29, 0.717) is 13.0 Å². The predicted octanol–water partition coefficient (Wildman–Crippen LogP) is 1.36. The van der Waals surface area contributed by atoms with Crippen LogP contribution >= 0.6 is 0 Å². The molecule has 19 heavy (non-hydrogen) atoms. The fourth-order valence-electron chi connectivity index (χ4n) is 1.63. The summed E-state index contributed by atoms with van der Waals surface area (Å²) < 4.78 is 25.0. The maximum Gasteiger partial charge on any atom is 0.303 e. The fraction of sp³-hybridized carbons (Fsp3) is 0.462. The normalized spacial score (nSPS) is 11.7. The Hall–Kier alpha value is -1.40. The molecule has 0 spiro atoms. The molecule has 0 heterocycles. The highest BCUT2D eigenvalue weighted by Gasteiger charge is 2.17. The van der Waals surface area contributed by atoms with Gasteiger partial charge in [-0.2, -0.15) is 0 Å². The van der Waals surface area contributed by atoms with Gasteiger partial charge in [-0.25, -0.2) is 12.7 Å². The van der Waals surface area contributed by atoms with E-state index >= 15 is 0 Å². The molecule has 6 heteroatoms. The standard InChI is InChI=1S/C13H19NO4S/c1-14(10-9-12-6-3-2-4-7-12)19(17,18)11-5-8-13(15)16/h2-4,6-7H,5,8-11H2,1H3,(H,15,16). The molecule has 1 N–H and O–H groups in total. The van der Waals surface area contributed by atoms with Gasteiger partial charge in [0.15, 0.2) is 0 Å². The summed E-state index contributed by atoms with van der Waals surface area (Å²) in [6.07, 6.45) is 0.675. The first-order valence-corrected chi connectivity index (χ1v) is 7.72. The van der Waals surface area contributed by atoms with Crippen LogP contribution in [0.2, 0.25) is 0 Å². The molecule has 1 aromatic rings. The first-order valence-electron chi connectivity index (χ1n) is 6.11. The minimum absolute atomic E-state index is 0.119. The van der Waals surface area contributed by atoms with Crippen LogP contribution < -0.4 is 0 Å². The topological polar surface area (TPSA) is 74.7 Å². The van der Waals surface area contributed by atoms with Gasteiger partial charge in [0, 0.05) is 20.0 Å². The van der Waals surface area contributed by atoms with E-state index in [1.807, 2.05) is 30.3 Å². The van der Waals surface area contributed by atoms with Crippen LogP contribution in [0.15, 0.2) is 30.3 Å². The van der Waals surface area contributed by atoms with Gasteiger partial charge in [0.25, 0.3) is 0 Å². The smallest absolute Gasteiger partial charge is 0.303 e. The number of nitrogens with zero attached hydrogens (tertiary/aromatic N) is 1. The Bertz CT molecular complexity index is 499. The van der Waals surface area contributed by atoms with Crippen LogP contribution in [0.5, 0.6) is 0 Å². The third-order valence-electron chi connectivity index (χ3n) is 2.83. The second-order valence-corrected chi connectivity index (χ2v) is 6.57. The van der Waals surface area contributed by atoms with Crippen LogP contribution in [0.4, 0.5) is 0 Å². The van der Waals surface area contributed by atoms with Crippen molar-refractivity contribution in [1.82, 2.24) is 4.31 Å². The molecule has 106 valence electrons. The Morgan fingerprint density at radius 3 is 2.47 bits per heavy atom. The van der Waals surface area contributed by atoms with E-state index in [9.17, 15) is 13.2 Å². The molecule has 0 aliphatic heterocycles. The molecule has 0 radical (unpaired) electrons. The van der Waals surface area contributed by atoms with Gasteiger partial charge in [0.05, 0.1) is 5.75 Å². The van der Waals surface area contributed by atoms with Crippen molar-refractivity contribution in [3.8, 4) is 0 Å². The lowest BCUT2D eigenvalue weighted by Crippen LogP contribution is -2.31. The quantitative estimate of drug-likeness (QED) is 0.782. The highest BCUT2D eigenvalue weighted by Crippen LogP contribution is 2.06. The first kappa shape index (κ1) is 15.7. The second kappa shape index (κ2) is 7.25. The van der Waals surface area contributed by atoms with Crippen molar-refractivity contribution in [3.05, 3.63) is 35.9 Å². The van der Waals surface area contributed by atoms with E-state index in [1.165, 1.54) is 11.4 Å². The van der Waals surface area contributed by atoms with E-state index in [4.69, 9.17) is 5.11 Å². The molecule has 5 nitrogen and oxygen atoms in total. The summed E-state index contributed by atoms with van der Waals surface area (Å²) in [5.41, 5.74) is 1.08. The third-order valence-corrected chi connectivity index (χ3v) is 4.76. The van der Waals surface area contributed by atoms with Gasteiger partial charge in [0.2, 0.25) is 10.0 Å². The van der Waals surface area contributed by atoms with E-state index in [-0.39, 0.29) is 18.6 Å². The Kier molecular flexibility index (Phi) is 5.98. The average molecular weight is 285 g/mol. The molecular weight excluding hydrogens is 266 g/mol. The predicted molar refractivity (Wildman–Crippen MR) is 73.4 cm³/mol. The van der Waals surface area contributed by atoms with Crippen molar-refractivity contribution < 1.29 is 18.3 Å². The third kappa shape index (κ3) is 5.85. The molecule has 0 fully saturated rings. The minimum Gasteiger partial charge on any atom is -0.481 e. The number of rotatable bonds is 8. The van der Waals surface area contributed by atoms with Gasteiger partial charge in [-0.1, -0.05) is 30.3 Å². The van der Waals surface area contributed by atoms with Crippen molar-refractivity contribution in [2.24, 2.45) is 0 Å². The summed E-state index contributed by atoms with van der Waals surface area (Å²) in [5, 5.41) is 8.49. The molecule has 0 saturated heterocycles. The van der Waals surface area contributed by atoms with E-state index in [0.717, 1.165) is 5.56 Å². The molecule has 0 unspecified atom stereocenters. The van der Waals surface area contributed by atoms with Crippen molar-refractivity contribution in [1.29, 1.82) is 0 Å². The summed E-state index contributed by atoms with van der Waals surface area (Å²) in [7, 11) is -1.83. The van der Waals surface area contributed by atoms with Crippen molar-refractivity contribution in [2.45, 2.75) is 19.3 Å². The number of hydrogen-bond acceptors (Lipinski definition) is 3. The fourth-order valence-corrected chi connectivity index (χ4v) is 2.82. The summed E-state index contributed by atoms with van der Waals surface area (Å²) in [5.74, 6) is -1.09. The molecule has 0 atom stereocenters. The van der Waals surface area contributed by atoms with Crippen LogP contribution in [0.3, 0.4) is 0 Å². The zero-order valence-corrected chi connectivity index (χ0v) is 11.8. The summed E-state index contributed by atoms with van der Waals surface area (Å²) in [6.45, 7) is 0.402. The molecule has 0 aromatic heterocycles. The number of hydrogen-bond donors (Lipinski definition) is 1. The molecule has 0 aliphatic rings. The number of sulfonamides is 1. The molecule has 0 aliphatic carbocycles. The van der Waals surface area contributed by atoms with Crippen LogP contribution in [-0.4, -0.2) is 43.1 Å². The molecular formula is C13H19NO4S. The molecule has 0 bridgehead atoms. The molecule has 0 amide bonds. The van der Waals surface area contributed by atoms with Crippen LogP contribution in [-0.2, 0) is 21.2 Å². The Morgan fingerprint density at radius 1 is 1.26 bits per heavy atom. The maximum atomic E-state index is 11.9. The van der Waals surface area contributed by atoms with Gasteiger partial charge in [-0.05, 0) is 18.4 Å². The van der Waals surface area contributed by atoms with Gasteiger partial charge in [-0.15, -0.1) is 0 Å². The minimum atomic E-state index is -3.36. The summed E-state index contributed by atoms with van der Waals surface area (Å²) in [6, 6.07) is 9.64. The van der Waals surface area contributed by atoms with E-state index in [2.05, 4.69) is 0 Å². The largest absolute Gasteiger partial charge is 0.481 e. The highest BCUT2D eigenvalue weighted by molar-refractivity contribution is 7.89. The molecule has 1 rings (SSSR count). The lowest BCUT2D eigenvalue weighted by molar-refractivity contribution is -0.137. The monoisotopic (exact) mass is 285 g/mol. The van der Waals surface area contributed by atoms with Gasteiger partial charge < -0.3 is 5.11 Å². The zero-order chi connectivity index (χ0) is 14.3. The maximum absolute atomic E-state index is 11.9. The Labute approximate surface area is 113 Å². The Morgan fingerprint density at radius 2 is 1.89 bits per heavy atom. The van der Waals surface area contributed by atoms with Crippen LogP contribution in [0, 0.1) is 0 Å². The van der Waals surface area contributed by atoms with Gasteiger partial charge in [-0.3, -0.25) is 4.79 Å². The van der Waals surface area contributed by atoms with E-state index in [1.54, 1.807) is 0 Å². The second-order valence-electron chi connectivity index (χ2n) is 4.37. The summed E-state index contributed by atoms with van der Waals surface area (Å²) in [4.78, 5) is 10.4. The zero-order valence-electron chi connectivity index (χ0n) is 10.9. The van der Waals surface area contributed by atoms with Gasteiger partial charge >= 0.3 is 5.97 Å². The van der Waals surface area contributed by atoms with Crippen molar-refractivity contribution in [2.75, 3.05) is 19.3 Å². The number of likely N-dealkylation sites (N-methyl/N-ethyl adjacent to an activating group) is 1. The summed E-state index contributed by atoms with van der Waals surface area (Å²) >= 11 is 0. The highest BCUT2D eigenvalue weighted by atomic mass is 32.2. The van der Waals surface area contributed by atoms with Crippen LogP contribution in [0.25, 0.3) is 0 Å². The number of carboxylic acids is 1. The van der Waals surface area contributed by atoms with Gasteiger partial charge in [0.1, 0.15) is 0 Å². The van der Waals surface area contributed by atoms with Crippen molar-refractivity contribution in [3.63, 3.8) is 0 Å². The number of carbonyl (C=O) groups is 1. The number of aliphatic carboxylic acids is 1. The average Bonchev–Trinajstić information content (AvgIpc) is 2.36. The molecule has 0 saturated carbocycles. The van der Waals surface area contributed by atoms with E-state index < -0.39 is 16.0 Å². The lowest BCUT2D eigenvalue weighted by atomic mass is 10.2. The number of benzene rings is 1. The first-order chi connectivity index (χ1) is 8.92. The molecule has 1 aromatic carbocycles. The van der Waals surface area contributed by atoms with Crippen LogP contribution in [0.1, 0.15) is 18.4 Å². The SMILES string of the molecule is CN(CCc1ccccc1)S(=O)(=O)CCCC(=O)O. The lowest BCUT2D eigenvalue weighted by Gasteiger charge is -2.16. The Balaban J connectivity index is 2.43.